The first-order valence-corrected chi connectivity index (χ1v) is 7.37. The van der Waals surface area contributed by atoms with Crippen molar-refractivity contribution in [2.24, 2.45) is 0 Å². The van der Waals surface area contributed by atoms with E-state index in [1.54, 1.807) is 12.1 Å². The highest BCUT2D eigenvalue weighted by Gasteiger charge is 2.42. The van der Waals surface area contributed by atoms with Crippen molar-refractivity contribution in [3.05, 3.63) is 35.1 Å². The smallest absolute Gasteiger partial charge is 0.248 e. The number of nitrogens with one attached hydrogen (secondary N) is 1. The quantitative estimate of drug-likeness (QED) is 0.859. The maximum Gasteiger partial charge on any atom is 0.248 e. The number of carbonyl (C=O) groups excluding carboxylic acids is 1. The standard InChI is InChI=1S/C16H18F3NO/c17-14-2-1-10(7-11(14)9-21)13-8-15(13)20-12-3-5-16(18,19)6-4-12/h1-2,7,9,12-13,15,20H,3-6,8H2. The predicted molar refractivity (Wildman–Crippen MR) is 73.3 cm³/mol. The molecule has 3 rings (SSSR count). The van der Waals surface area contributed by atoms with Crippen LogP contribution in [0.2, 0.25) is 0 Å². The third-order valence-corrected chi connectivity index (χ3v) is 4.53. The van der Waals surface area contributed by atoms with Gasteiger partial charge in [0.15, 0.2) is 6.29 Å². The van der Waals surface area contributed by atoms with E-state index in [1.165, 1.54) is 6.07 Å². The maximum absolute atomic E-state index is 13.3. The van der Waals surface area contributed by atoms with Crippen LogP contribution in [0.3, 0.4) is 0 Å². The van der Waals surface area contributed by atoms with Crippen molar-refractivity contribution < 1.29 is 18.0 Å². The number of benzene rings is 1. The highest BCUT2D eigenvalue weighted by molar-refractivity contribution is 5.75. The van der Waals surface area contributed by atoms with E-state index in [0.29, 0.717) is 19.1 Å². The SMILES string of the molecule is O=Cc1cc(C2CC2NC2CCC(F)(F)CC2)ccc1F. The van der Waals surface area contributed by atoms with E-state index >= 15 is 0 Å². The van der Waals surface area contributed by atoms with Gasteiger partial charge in [0.25, 0.3) is 0 Å². The molecule has 0 radical (unpaired) electrons. The largest absolute Gasteiger partial charge is 0.311 e. The van der Waals surface area contributed by atoms with Crippen LogP contribution in [0.5, 0.6) is 0 Å². The molecule has 0 aromatic heterocycles. The summed E-state index contributed by atoms with van der Waals surface area (Å²) in [6, 6.07) is 5.00. The number of carbonyl (C=O) groups is 1. The third-order valence-electron chi connectivity index (χ3n) is 4.53. The summed E-state index contributed by atoms with van der Waals surface area (Å²) in [6.45, 7) is 0. The average Bonchev–Trinajstić information content (AvgIpc) is 3.21. The van der Waals surface area contributed by atoms with Gasteiger partial charge in [-0.15, -0.1) is 0 Å². The summed E-state index contributed by atoms with van der Waals surface area (Å²) < 4.78 is 39.5. The first-order valence-electron chi connectivity index (χ1n) is 7.37. The van der Waals surface area contributed by atoms with Gasteiger partial charge in [-0.1, -0.05) is 6.07 Å². The van der Waals surface area contributed by atoms with Crippen LogP contribution in [-0.4, -0.2) is 24.3 Å². The zero-order valence-corrected chi connectivity index (χ0v) is 11.6. The molecule has 2 fully saturated rings. The molecule has 1 N–H and O–H groups in total. The van der Waals surface area contributed by atoms with Crippen LogP contribution in [0, 0.1) is 5.82 Å². The van der Waals surface area contributed by atoms with E-state index < -0.39 is 11.7 Å². The molecule has 2 nitrogen and oxygen atoms in total. The van der Waals surface area contributed by atoms with Gasteiger partial charge in [-0.05, 0) is 37.0 Å². The minimum Gasteiger partial charge on any atom is -0.311 e. The van der Waals surface area contributed by atoms with E-state index in [1.807, 2.05) is 0 Å². The van der Waals surface area contributed by atoms with Gasteiger partial charge in [0, 0.05) is 30.8 Å². The normalized spacial score (nSPS) is 28.3. The molecule has 114 valence electrons. The minimum atomic E-state index is -2.50. The molecule has 2 unspecified atom stereocenters. The van der Waals surface area contributed by atoms with E-state index in [9.17, 15) is 18.0 Å². The van der Waals surface area contributed by atoms with Gasteiger partial charge in [-0.2, -0.15) is 0 Å². The summed E-state index contributed by atoms with van der Waals surface area (Å²) in [5.74, 6) is -2.75. The summed E-state index contributed by atoms with van der Waals surface area (Å²) in [4.78, 5) is 10.8. The fraction of sp³-hybridized carbons (Fsp3) is 0.562. The number of aldehydes is 1. The second-order valence-corrected chi connectivity index (χ2v) is 6.14. The van der Waals surface area contributed by atoms with Gasteiger partial charge in [0.2, 0.25) is 5.92 Å². The third kappa shape index (κ3) is 3.28. The van der Waals surface area contributed by atoms with Crippen LogP contribution in [-0.2, 0) is 0 Å². The Morgan fingerprint density at radius 1 is 1.24 bits per heavy atom. The lowest BCUT2D eigenvalue weighted by molar-refractivity contribution is -0.0405. The van der Waals surface area contributed by atoms with Gasteiger partial charge in [-0.25, -0.2) is 13.2 Å². The van der Waals surface area contributed by atoms with Crippen molar-refractivity contribution in [3.63, 3.8) is 0 Å². The molecule has 2 aliphatic carbocycles. The molecule has 5 heteroatoms. The lowest BCUT2D eigenvalue weighted by Gasteiger charge is -2.29. The van der Waals surface area contributed by atoms with Crippen LogP contribution in [0.4, 0.5) is 13.2 Å². The fourth-order valence-corrected chi connectivity index (χ4v) is 3.14. The van der Waals surface area contributed by atoms with Gasteiger partial charge >= 0.3 is 0 Å². The molecular formula is C16H18F3NO. The van der Waals surface area contributed by atoms with Gasteiger partial charge in [0.1, 0.15) is 5.82 Å². The Morgan fingerprint density at radius 3 is 2.62 bits per heavy atom. The van der Waals surface area contributed by atoms with E-state index in [-0.39, 0.29) is 36.4 Å². The molecule has 21 heavy (non-hydrogen) atoms. The van der Waals surface area contributed by atoms with Crippen LogP contribution < -0.4 is 5.32 Å². The van der Waals surface area contributed by atoms with Gasteiger partial charge < -0.3 is 5.32 Å². The van der Waals surface area contributed by atoms with E-state index in [4.69, 9.17) is 0 Å². The van der Waals surface area contributed by atoms with Crippen molar-refractivity contribution in [1.29, 1.82) is 0 Å². The molecule has 1 aromatic rings. The summed E-state index contributed by atoms with van der Waals surface area (Å²) >= 11 is 0. The Bertz CT molecular complexity index is 536. The number of rotatable bonds is 4. The van der Waals surface area contributed by atoms with Crippen LogP contribution in [0.1, 0.15) is 53.9 Å². The molecule has 2 saturated carbocycles. The molecule has 0 spiro atoms. The fourth-order valence-electron chi connectivity index (χ4n) is 3.14. The molecule has 2 aliphatic rings. The Balaban J connectivity index is 1.56. The van der Waals surface area contributed by atoms with Gasteiger partial charge in [0.05, 0.1) is 5.56 Å². The summed E-state index contributed by atoms with van der Waals surface area (Å²) in [7, 11) is 0. The first kappa shape index (κ1) is 14.6. The Kier molecular flexibility index (Phi) is 3.78. The second kappa shape index (κ2) is 5.44. The Morgan fingerprint density at radius 2 is 1.95 bits per heavy atom. The van der Waals surface area contributed by atoms with E-state index in [0.717, 1.165) is 12.0 Å². The first-order chi connectivity index (χ1) is 9.98. The van der Waals surface area contributed by atoms with Crippen molar-refractivity contribution >= 4 is 6.29 Å². The number of hydrogen-bond acceptors (Lipinski definition) is 2. The maximum atomic E-state index is 13.3. The highest BCUT2D eigenvalue weighted by atomic mass is 19.3. The zero-order valence-electron chi connectivity index (χ0n) is 11.6. The van der Waals surface area contributed by atoms with Crippen molar-refractivity contribution in [2.75, 3.05) is 0 Å². The lowest BCUT2D eigenvalue weighted by Crippen LogP contribution is -2.38. The molecule has 0 aliphatic heterocycles. The second-order valence-electron chi connectivity index (χ2n) is 6.14. The molecule has 0 bridgehead atoms. The number of halogens is 3. The molecule has 1 aromatic carbocycles. The topological polar surface area (TPSA) is 29.1 Å². The Hall–Kier alpha value is -1.36. The molecular weight excluding hydrogens is 279 g/mol. The molecule has 2 atom stereocenters. The van der Waals surface area contributed by atoms with Crippen LogP contribution in [0.15, 0.2) is 18.2 Å². The summed E-state index contributed by atoms with van der Waals surface area (Å²) in [5.41, 5.74) is 1.02. The van der Waals surface area contributed by atoms with Crippen molar-refractivity contribution in [1.82, 2.24) is 5.32 Å². The van der Waals surface area contributed by atoms with Crippen molar-refractivity contribution in [2.45, 2.75) is 56.0 Å². The molecule has 0 heterocycles. The monoisotopic (exact) mass is 297 g/mol. The summed E-state index contributed by atoms with van der Waals surface area (Å²) in [5, 5.41) is 3.42. The predicted octanol–water partition coefficient (Wildman–Crippen LogP) is 3.66. The van der Waals surface area contributed by atoms with Crippen LogP contribution >= 0.6 is 0 Å². The van der Waals surface area contributed by atoms with Gasteiger partial charge in [-0.3, -0.25) is 4.79 Å². The average molecular weight is 297 g/mol. The molecule has 0 saturated heterocycles. The molecule has 0 amide bonds. The zero-order chi connectivity index (χ0) is 15.0. The highest BCUT2D eigenvalue weighted by Crippen LogP contribution is 2.43. The lowest BCUT2D eigenvalue weighted by atomic mass is 9.92. The summed E-state index contributed by atoms with van der Waals surface area (Å²) in [6.07, 6.45) is 2.34. The Labute approximate surface area is 121 Å². The van der Waals surface area contributed by atoms with Crippen LogP contribution in [0.25, 0.3) is 0 Å². The number of hydrogen-bond donors (Lipinski definition) is 1. The minimum absolute atomic E-state index is 0.0477. The number of alkyl halides is 2. The van der Waals surface area contributed by atoms with Crippen molar-refractivity contribution in [3.8, 4) is 0 Å². The van der Waals surface area contributed by atoms with E-state index in [2.05, 4.69) is 5.32 Å².